The number of rotatable bonds is 5. The van der Waals surface area contributed by atoms with Crippen molar-refractivity contribution in [1.82, 2.24) is 4.31 Å². The Morgan fingerprint density at radius 3 is 2.70 bits per heavy atom. The van der Waals surface area contributed by atoms with Crippen LogP contribution in [0.4, 0.5) is 0 Å². The maximum absolute atomic E-state index is 12.7. The van der Waals surface area contributed by atoms with Gasteiger partial charge in [-0.15, -0.1) is 0 Å². The fraction of sp³-hybridized carbons (Fsp3) is 0.533. The summed E-state index contributed by atoms with van der Waals surface area (Å²) in [5.74, 6) is -1.69. The van der Waals surface area contributed by atoms with E-state index in [-0.39, 0.29) is 24.4 Å². The van der Waals surface area contributed by atoms with Gasteiger partial charge in [0, 0.05) is 13.1 Å². The van der Waals surface area contributed by atoms with E-state index < -0.39 is 28.0 Å². The maximum Gasteiger partial charge on any atom is 0.310 e. The van der Waals surface area contributed by atoms with Gasteiger partial charge < -0.3 is 14.9 Å². The number of aliphatic hydroxyl groups is 1. The Balaban J connectivity index is 2.33. The number of methoxy groups -OCH3 is 1. The van der Waals surface area contributed by atoms with E-state index >= 15 is 0 Å². The predicted octanol–water partition coefficient (Wildman–Crippen LogP) is 0.714. The van der Waals surface area contributed by atoms with Gasteiger partial charge in [-0.2, -0.15) is 4.31 Å². The van der Waals surface area contributed by atoms with Crippen LogP contribution in [0.3, 0.4) is 0 Å². The summed E-state index contributed by atoms with van der Waals surface area (Å²) < 4.78 is 31.8. The van der Waals surface area contributed by atoms with E-state index in [0.29, 0.717) is 12.2 Å². The Labute approximate surface area is 135 Å². The summed E-state index contributed by atoms with van der Waals surface area (Å²) in [5, 5.41) is 18.8. The van der Waals surface area contributed by atoms with E-state index in [1.54, 1.807) is 12.1 Å². The molecule has 1 fully saturated rings. The van der Waals surface area contributed by atoms with Crippen molar-refractivity contribution in [3.05, 3.63) is 23.8 Å². The molecule has 0 spiro atoms. The summed E-state index contributed by atoms with van der Waals surface area (Å²) in [4.78, 5) is 11.3. The van der Waals surface area contributed by atoms with Crippen LogP contribution in [0.15, 0.2) is 23.1 Å². The summed E-state index contributed by atoms with van der Waals surface area (Å²) in [7, 11) is -2.29. The minimum absolute atomic E-state index is 0.0980. The van der Waals surface area contributed by atoms with Crippen LogP contribution < -0.4 is 4.74 Å². The molecule has 0 saturated carbocycles. The Morgan fingerprint density at radius 1 is 1.43 bits per heavy atom. The summed E-state index contributed by atoms with van der Waals surface area (Å²) >= 11 is 0. The molecule has 1 saturated heterocycles. The minimum atomic E-state index is -3.81. The number of hydrogen-bond acceptors (Lipinski definition) is 5. The second kappa shape index (κ2) is 6.86. The Hall–Kier alpha value is -1.64. The van der Waals surface area contributed by atoms with Crippen molar-refractivity contribution in [3.8, 4) is 5.75 Å². The van der Waals surface area contributed by atoms with Crippen LogP contribution in [-0.4, -0.2) is 55.2 Å². The highest BCUT2D eigenvalue weighted by atomic mass is 32.2. The molecule has 0 amide bonds. The topological polar surface area (TPSA) is 104 Å². The molecule has 7 nitrogen and oxygen atoms in total. The molecule has 0 bridgehead atoms. The third kappa shape index (κ3) is 3.49. The van der Waals surface area contributed by atoms with Gasteiger partial charge in [0.1, 0.15) is 5.75 Å². The van der Waals surface area contributed by atoms with Crippen LogP contribution in [0.5, 0.6) is 5.75 Å². The molecule has 1 aliphatic rings. The first-order chi connectivity index (χ1) is 10.8. The molecule has 128 valence electrons. The van der Waals surface area contributed by atoms with E-state index in [0.717, 1.165) is 9.87 Å². The average molecular weight is 343 g/mol. The number of aliphatic hydroxyl groups excluding tert-OH is 1. The number of benzene rings is 1. The predicted molar refractivity (Wildman–Crippen MR) is 82.9 cm³/mol. The highest BCUT2D eigenvalue weighted by Gasteiger charge is 2.38. The number of sulfonamides is 1. The number of piperidine rings is 1. The monoisotopic (exact) mass is 343 g/mol. The standard InChI is InChI=1S/C15H21NO6S/c1-3-10-8-11(4-5-14(10)22-2)23(20,21)16-7-6-13(17)12(9-16)15(18)19/h4-5,8,12-13,17H,3,6-7,9H2,1-2H3,(H,18,19)/t12-,13+/m0/s1. The molecule has 8 heteroatoms. The summed E-state index contributed by atoms with van der Waals surface area (Å²) in [5.41, 5.74) is 0.764. The van der Waals surface area contributed by atoms with Gasteiger partial charge in [0.25, 0.3) is 0 Å². The van der Waals surface area contributed by atoms with Crippen LogP contribution in [0.2, 0.25) is 0 Å². The molecule has 2 rings (SSSR count). The van der Waals surface area contributed by atoms with E-state index in [1.807, 2.05) is 6.92 Å². The summed E-state index contributed by atoms with van der Waals surface area (Å²) in [6.45, 7) is 1.76. The maximum atomic E-state index is 12.7. The van der Waals surface area contributed by atoms with E-state index in [1.165, 1.54) is 13.2 Å². The van der Waals surface area contributed by atoms with Crippen LogP contribution in [0.1, 0.15) is 18.9 Å². The van der Waals surface area contributed by atoms with Crippen molar-refractivity contribution in [2.75, 3.05) is 20.2 Å². The Bertz CT molecular complexity index is 687. The van der Waals surface area contributed by atoms with Gasteiger partial charge >= 0.3 is 5.97 Å². The first kappa shape index (κ1) is 17.7. The summed E-state index contributed by atoms with van der Waals surface area (Å²) in [6, 6.07) is 4.60. The van der Waals surface area contributed by atoms with Gasteiger partial charge in [-0.25, -0.2) is 8.42 Å². The lowest BCUT2D eigenvalue weighted by Gasteiger charge is -2.33. The van der Waals surface area contributed by atoms with Crippen LogP contribution in [-0.2, 0) is 21.2 Å². The minimum Gasteiger partial charge on any atom is -0.496 e. The highest BCUT2D eigenvalue weighted by molar-refractivity contribution is 7.89. The fourth-order valence-corrected chi connectivity index (χ4v) is 4.24. The highest BCUT2D eigenvalue weighted by Crippen LogP contribution is 2.28. The van der Waals surface area contributed by atoms with Crippen molar-refractivity contribution >= 4 is 16.0 Å². The molecule has 1 aromatic carbocycles. The van der Waals surface area contributed by atoms with Crippen LogP contribution in [0.25, 0.3) is 0 Å². The fourth-order valence-electron chi connectivity index (χ4n) is 2.71. The second-order valence-corrected chi connectivity index (χ2v) is 7.43. The molecule has 0 aromatic heterocycles. The Morgan fingerprint density at radius 2 is 2.13 bits per heavy atom. The van der Waals surface area contributed by atoms with Gasteiger partial charge in [-0.05, 0) is 36.6 Å². The van der Waals surface area contributed by atoms with Crippen molar-refractivity contribution in [1.29, 1.82) is 0 Å². The normalized spacial score (nSPS) is 22.7. The molecule has 23 heavy (non-hydrogen) atoms. The van der Waals surface area contributed by atoms with E-state index in [9.17, 15) is 18.3 Å². The van der Waals surface area contributed by atoms with Crippen LogP contribution in [0, 0.1) is 5.92 Å². The molecule has 1 aliphatic heterocycles. The molecule has 2 N–H and O–H groups in total. The van der Waals surface area contributed by atoms with Gasteiger partial charge in [-0.3, -0.25) is 4.79 Å². The molecule has 0 radical (unpaired) electrons. The lowest BCUT2D eigenvalue weighted by Crippen LogP contribution is -2.48. The van der Waals surface area contributed by atoms with Crippen molar-refractivity contribution in [2.24, 2.45) is 5.92 Å². The number of ether oxygens (including phenoxy) is 1. The third-order valence-corrected chi connectivity index (χ3v) is 5.99. The zero-order chi connectivity index (χ0) is 17.2. The SMILES string of the molecule is CCc1cc(S(=O)(=O)N2CC[C@@H](O)[C@@H](C(=O)O)C2)ccc1OC. The lowest BCUT2D eigenvalue weighted by atomic mass is 9.96. The van der Waals surface area contributed by atoms with Crippen LogP contribution >= 0.6 is 0 Å². The molecular weight excluding hydrogens is 322 g/mol. The third-order valence-electron chi connectivity index (χ3n) is 4.13. The molecular formula is C15H21NO6S. The number of carbonyl (C=O) groups is 1. The quantitative estimate of drug-likeness (QED) is 0.816. The molecule has 0 aliphatic carbocycles. The summed E-state index contributed by atoms with van der Waals surface area (Å²) in [6.07, 6.45) is -0.309. The van der Waals surface area contributed by atoms with Crippen molar-refractivity contribution < 1.29 is 28.2 Å². The smallest absolute Gasteiger partial charge is 0.310 e. The van der Waals surface area contributed by atoms with Gasteiger partial charge in [-0.1, -0.05) is 6.92 Å². The van der Waals surface area contributed by atoms with Gasteiger partial charge in [0.05, 0.1) is 24.0 Å². The lowest BCUT2D eigenvalue weighted by molar-refractivity contribution is -0.147. The number of carboxylic acids is 1. The average Bonchev–Trinajstić information content (AvgIpc) is 2.53. The largest absolute Gasteiger partial charge is 0.496 e. The van der Waals surface area contributed by atoms with E-state index in [2.05, 4.69) is 0 Å². The first-order valence-corrected chi connectivity index (χ1v) is 8.83. The first-order valence-electron chi connectivity index (χ1n) is 7.39. The Kier molecular flexibility index (Phi) is 5.28. The van der Waals surface area contributed by atoms with Crippen molar-refractivity contribution in [3.63, 3.8) is 0 Å². The molecule has 1 heterocycles. The zero-order valence-corrected chi connectivity index (χ0v) is 13.9. The number of aryl methyl sites for hydroxylation is 1. The number of hydrogen-bond donors (Lipinski definition) is 2. The van der Waals surface area contributed by atoms with Crippen molar-refractivity contribution in [2.45, 2.75) is 30.8 Å². The molecule has 2 atom stereocenters. The van der Waals surface area contributed by atoms with Gasteiger partial charge in [0.2, 0.25) is 10.0 Å². The molecule has 0 unspecified atom stereocenters. The van der Waals surface area contributed by atoms with E-state index in [4.69, 9.17) is 9.84 Å². The van der Waals surface area contributed by atoms with Gasteiger partial charge in [0.15, 0.2) is 0 Å². The molecule has 1 aromatic rings. The number of aliphatic carboxylic acids is 1. The number of carboxylic acid groups (broad SMARTS) is 1. The second-order valence-electron chi connectivity index (χ2n) is 5.49. The zero-order valence-electron chi connectivity index (χ0n) is 13.1. The number of nitrogens with zero attached hydrogens (tertiary/aromatic N) is 1.